The number of aromatic nitrogens is 1. The fourth-order valence-electron chi connectivity index (χ4n) is 2.76. The van der Waals surface area contributed by atoms with Crippen LogP contribution in [0.5, 0.6) is 5.75 Å². The number of benzene rings is 2. The van der Waals surface area contributed by atoms with Gasteiger partial charge in [-0.3, -0.25) is 4.79 Å². The number of carboxylic acid groups (broad SMARTS) is 1. The number of fused-ring (bicyclic) bond motifs is 1. The molecule has 0 aliphatic heterocycles. The van der Waals surface area contributed by atoms with Crippen molar-refractivity contribution in [2.24, 2.45) is 0 Å². The lowest BCUT2D eigenvalue weighted by Gasteiger charge is -2.11. The highest BCUT2D eigenvalue weighted by Crippen LogP contribution is 2.38. The molecule has 0 radical (unpaired) electrons. The topological polar surface area (TPSA) is 62.3 Å². The molecule has 0 bridgehead atoms. The third-order valence-electron chi connectivity index (χ3n) is 3.71. The lowest BCUT2D eigenvalue weighted by atomic mass is 10.0. The van der Waals surface area contributed by atoms with Gasteiger partial charge in [0.15, 0.2) is 0 Å². The van der Waals surface area contributed by atoms with Crippen LogP contribution in [-0.4, -0.2) is 22.7 Å². The quantitative estimate of drug-likeness (QED) is 0.604. The summed E-state index contributed by atoms with van der Waals surface area (Å²) >= 11 is 9.60. The Morgan fingerprint density at radius 3 is 2.79 bits per heavy atom. The molecule has 0 aliphatic carbocycles. The highest BCUT2D eigenvalue weighted by molar-refractivity contribution is 9.10. The van der Waals surface area contributed by atoms with Crippen molar-refractivity contribution >= 4 is 44.4 Å². The summed E-state index contributed by atoms with van der Waals surface area (Å²) in [6.45, 7) is 2.41. The normalized spacial score (nSPS) is 11.0. The average Bonchev–Trinajstić information content (AvgIpc) is 2.87. The largest absolute Gasteiger partial charge is 0.493 e. The molecule has 2 N–H and O–H groups in total. The Morgan fingerprint density at radius 1 is 1.29 bits per heavy atom. The Morgan fingerprint density at radius 2 is 2.08 bits per heavy atom. The van der Waals surface area contributed by atoms with Crippen molar-refractivity contribution in [3.05, 3.63) is 51.5 Å². The third kappa shape index (κ3) is 3.28. The predicted molar refractivity (Wildman–Crippen MR) is 99.0 cm³/mol. The third-order valence-corrected chi connectivity index (χ3v) is 4.44. The van der Waals surface area contributed by atoms with Crippen LogP contribution in [-0.2, 0) is 11.2 Å². The van der Waals surface area contributed by atoms with Crippen molar-refractivity contribution in [3.8, 4) is 17.0 Å². The van der Waals surface area contributed by atoms with Crippen LogP contribution in [0, 0.1) is 0 Å². The molecular formula is C18H15BrClNO3. The van der Waals surface area contributed by atoms with Crippen molar-refractivity contribution in [3.63, 3.8) is 0 Å². The maximum atomic E-state index is 11.4. The summed E-state index contributed by atoms with van der Waals surface area (Å²) in [5, 5.41) is 10.8. The van der Waals surface area contributed by atoms with Gasteiger partial charge in [-0.15, -0.1) is 0 Å². The first-order valence-electron chi connectivity index (χ1n) is 7.44. The van der Waals surface area contributed by atoms with Gasteiger partial charge in [-0.1, -0.05) is 27.5 Å². The molecule has 0 saturated carbocycles. The average molecular weight is 409 g/mol. The first-order chi connectivity index (χ1) is 11.5. The van der Waals surface area contributed by atoms with E-state index in [4.69, 9.17) is 16.3 Å². The maximum Gasteiger partial charge on any atom is 0.307 e. The number of carbonyl (C=O) groups is 1. The van der Waals surface area contributed by atoms with E-state index in [2.05, 4.69) is 20.9 Å². The zero-order valence-electron chi connectivity index (χ0n) is 12.9. The fourth-order valence-corrected chi connectivity index (χ4v) is 3.30. The Kier molecular flexibility index (Phi) is 4.83. The van der Waals surface area contributed by atoms with Crippen molar-refractivity contribution in [2.75, 3.05) is 6.61 Å². The summed E-state index contributed by atoms with van der Waals surface area (Å²) in [5.74, 6) is -0.226. The molecule has 0 unspecified atom stereocenters. The monoisotopic (exact) mass is 407 g/mol. The number of nitrogens with one attached hydrogen (secondary N) is 1. The van der Waals surface area contributed by atoms with Gasteiger partial charge in [0, 0.05) is 26.0 Å². The Labute approximate surface area is 152 Å². The van der Waals surface area contributed by atoms with E-state index >= 15 is 0 Å². The van der Waals surface area contributed by atoms with Crippen molar-refractivity contribution < 1.29 is 14.6 Å². The van der Waals surface area contributed by atoms with Crippen LogP contribution in [0.4, 0.5) is 0 Å². The minimum atomic E-state index is -0.892. The molecule has 1 aromatic heterocycles. The van der Waals surface area contributed by atoms with Gasteiger partial charge in [0.25, 0.3) is 0 Å². The molecule has 0 amide bonds. The Balaban J connectivity index is 2.29. The molecule has 0 aliphatic rings. The summed E-state index contributed by atoms with van der Waals surface area (Å²) in [6, 6.07) is 11.1. The fraction of sp³-hybridized carbons (Fsp3) is 0.167. The second kappa shape index (κ2) is 6.87. The van der Waals surface area contributed by atoms with E-state index in [1.165, 1.54) is 0 Å². The van der Waals surface area contributed by atoms with E-state index in [0.717, 1.165) is 26.6 Å². The van der Waals surface area contributed by atoms with Crippen LogP contribution in [0.3, 0.4) is 0 Å². The van der Waals surface area contributed by atoms with Gasteiger partial charge < -0.3 is 14.8 Å². The Hall–Kier alpha value is -1.98. The van der Waals surface area contributed by atoms with Crippen LogP contribution in [0.1, 0.15) is 12.5 Å². The lowest BCUT2D eigenvalue weighted by Crippen LogP contribution is -2.02. The maximum absolute atomic E-state index is 11.4. The zero-order valence-corrected chi connectivity index (χ0v) is 15.2. The second-order valence-electron chi connectivity index (χ2n) is 5.31. The molecule has 3 aromatic rings. The number of aliphatic carboxylic acids is 1. The van der Waals surface area contributed by atoms with E-state index in [1.54, 1.807) is 18.2 Å². The van der Waals surface area contributed by atoms with Crippen LogP contribution < -0.4 is 4.74 Å². The van der Waals surface area contributed by atoms with E-state index in [0.29, 0.717) is 22.9 Å². The molecule has 3 rings (SSSR count). The zero-order chi connectivity index (χ0) is 17.3. The van der Waals surface area contributed by atoms with Gasteiger partial charge in [-0.2, -0.15) is 0 Å². The number of halogens is 2. The SMILES string of the molecule is CCOc1ccc(Cl)cc1-c1[nH]c2ccc(Br)cc2c1CC(=O)O. The summed E-state index contributed by atoms with van der Waals surface area (Å²) < 4.78 is 6.58. The van der Waals surface area contributed by atoms with Gasteiger partial charge in [0.1, 0.15) is 5.75 Å². The minimum Gasteiger partial charge on any atom is -0.493 e. The van der Waals surface area contributed by atoms with Gasteiger partial charge in [0.2, 0.25) is 0 Å². The first kappa shape index (κ1) is 16.9. The molecule has 0 fully saturated rings. The van der Waals surface area contributed by atoms with E-state index < -0.39 is 5.97 Å². The highest BCUT2D eigenvalue weighted by Gasteiger charge is 2.19. The summed E-state index contributed by atoms with van der Waals surface area (Å²) in [5.41, 5.74) is 3.05. The molecular weight excluding hydrogens is 394 g/mol. The van der Waals surface area contributed by atoms with Crippen LogP contribution in [0.15, 0.2) is 40.9 Å². The summed E-state index contributed by atoms with van der Waals surface area (Å²) in [4.78, 5) is 14.7. The van der Waals surface area contributed by atoms with Gasteiger partial charge in [0.05, 0.1) is 18.7 Å². The molecule has 4 nitrogen and oxygen atoms in total. The van der Waals surface area contributed by atoms with Gasteiger partial charge in [-0.25, -0.2) is 0 Å². The first-order valence-corrected chi connectivity index (χ1v) is 8.61. The lowest BCUT2D eigenvalue weighted by molar-refractivity contribution is -0.136. The second-order valence-corrected chi connectivity index (χ2v) is 6.66. The van der Waals surface area contributed by atoms with E-state index in [1.807, 2.05) is 25.1 Å². The number of carboxylic acids is 1. The molecule has 0 saturated heterocycles. The van der Waals surface area contributed by atoms with Crippen molar-refractivity contribution in [1.82, 2.24) is 4.98 Å². The molecule has 0 atom stereocenters. The molecule has 1 heterocycles. The predicted octanol–water partition coefficient (Wildman–Crippen LogP) is 5.28. The van der Waals surface area contributed by atoms with Crippen LogP contribution in [0.25, 0.3) is 22.2 Å². The summed E-state index contributed by atoms with van der Waals surface area (Å²) in [7, 11) is 0. The number of rotatable bonds is 5. The Bertz CT molecular complexity index is 920. The van der Waals surface area contributed by atoms with Gasteiger partial charge in [-0.05, 0) is 48.9 Å². The minimum absolute atomic E-state index is 0.0934. The number of hydrogen-bond acceptors (Lipinski definition) is 2. The molecule has 24 heavy (non-hydrogen) atoms. The van der Waals surface area contributed by atoms with E-state index in [9.17, 15) is 9.90 Å². The highest BCUT2D eigenvalue weighted by atomic mass is 79.9. The van der Waals surface area contributed by atoms with E-state index in [-0.39, 0.29) is 6.42 Å². The number of ether oxygens (including phenoxy) is 1. The van der Waals surface area contributed by atoms with Crippen molar-refractivity contribution in [1.29, 1.82) is 0 Å². The summed E-state index contributed by atoms with van der Waals surface area (Å²) in [6.07, 6.45) is -0.0934. The van der Waals surface area contributed by atoms with Crippen molar-refractivity contribution in [2.45, 2.75) is 13.3 Å². The van der Waals surface area contributed by atoms with Crippen LogP contribution >= 0.6 is 27.5 Å². The number of aromatic amines is 1. The smallest absolute Gasteiger partial charge is 0.307 e. The van der Waals surface area contributed by atoms with Crippen LogP contribution in [0.2, 0.25) is 5.02 Å². The molecule has 124 valence electrons. The standard InChI is InChI=1S/C18H15BrClNO3/c1-2-24-16-6-4-11(20)8-14(16)18-13(9-17(22)23)12-7-10(19)3-5-15(12)21-18/h3-8,21H,2,9H2,1H3,(H,22,23). The number of H-pyrrole nitrogens is 1. The molecule has 0 spiro atoms. The molecule has 2 aromatic carbocycles. The molecule has 6 heteroatoms. The number of hydrogen-bond donors (Lipinski definition) is 2. The van der Waals surface area contributed by atoms with Gasteiger partial charge >= 0.3 is 5.97 Å².